The third-order valence-electron chi connectivity index (χ3n) is 6.20. The van der Waals surface area contributed by atoms with Crippen LogP contribution in [0.1, 0.15) is 48.7 Å². The third-order valence-corrected chi connectivity index (χ3v) is 6.20. The number of fused-ring (bicyclic) bond motifs is 1. The maximum atomic E-state index is 11.9. The van der Waals surface area contributed by atoms with Crippen LogP contribution in [-0.2, 0) is 0 Å². The van der Waals surface area contributed by atoms with Gasteiger partial charge in [0.15, 0.2) is 0 Å². The summed E-state index contributed by atoms with van der Waals surface area (Å²) in [6, 6.07) is 7.40. The first-order chi connectivity index (χ1) is 14.3. The highest BCUT2D eigenvalue weighted by Crippen LogP contribution is 2.50. The van der Waals surface area contributed by atoms with Crippen molar-refractivity contribution < 1.29 is 9.90 Å². The highest BCUT2D eigenvalue weighted by Gasteiger charge is 2.47. The molecule has 0 spiro atoms. The largest absolute Gasteiger partial charge is 0.374 e. The smallest absolute Gasteiger partial charge is 0.248 e. The number of amides is 1. The molecule has 4 atom stereocenters. The molecular formula is C22H30N6O2. The van der Waals surface area contributed by atoms with E-state index in [4.69, 9.17) is 5.73 Å². The fraction of sp³-hybridized carbons (Fsp3) is 0.500. The van der Waals surface area contributed by atoms with Crippen molar-refractivity contribution in [2.45, 2.75) is 45.0 Å². The van der Waals surface area contributed by atoms with Crippen LogP contribution in [0.4, 0.5) is 17.5 Å². The Kier molecular flexibility index (Phi) is 5.27. The maximum absolute atomic E-state index is 11.9. The van der Waals surface area contributed by atoms with Gasteiger partial charge >= 0.3 is 0 Å². The number of hydrogen-bond acceptors (Lipinski definition) is 7. The second-order valence-corrected chi connectivity index (χ2v) is 8.62. The molecule has 1 aromatic carbocycles. The van der Waals surface area contributed by atoms with E-state index >= 15 is 0 Å². The van der Waals surface area contributed by atoms with Gasteiger partial charge in [-0.1, -0.05) is 6.92 Å². The number of nitrogens with zero attached hydrogens (tertiary/aromatic N) is 4. The van der Waals surface area contributed by atoms with Gasteiger partial charge in [0.25, 0.3) is 0 Å². The predicted molar refractivity (Wildman–Crippen MR) is 118 cm³/mol. The van der Waals surface area contributed by atoms with E-state index in [1.165, 1.54) is 0 Å². The summed E-state index contributed by atoms with van der Waals surface area (Å²) >= 11 is 0. The van der Waals surface area contributed by atoms with E-state index in [1.54, 1.807) is 19.2 Å². The molecule has 2 aliphatic rings. The molecular weight excluding hydrogens is 380 g/mol. The number of aliphatic hydroxyl groups excluding tert-OH is 1. The van der Waals surface area contributed by atoms with Crippen molar-refractivity contribution in [3.05, 3.63) is 41.6 Å². The average molecular weight is 411 g/mol. The number of nitrogens with two attached hydrogens (primary N) is 1. The SMILES string of the molecule is CC(O)N1c2ccc(C(N)=O)cc2[C@H](Nc2nccc(N(C)C)n2)[C@@H](C)[C@@H]1C1CC1. The van der Waals surface area contributed by atoms with Gasteiger partial charge in [-0.05, 0) is 55.5 Å². The lowest BCUT2D eigenvalue weighted by molar-refractivity contribution is 0.1000. The maximum Gasteiger partial charge on any atom is 0.248 e. The number of rotatable bonds is 6. The number of carbonyl (C=O) groups excluding carboxylic acids is 1. The molecule has 0 saturated heterocycles. The van der Waals surface area contributed by atoms with E-state index < -0.39 is 12.1 Å². The molecule has 8 heteroatoms. The highest BCUT2D eigenvalue weighted by molar-refractivity contribution is 5.93. The van der Waals surface area contributed by atoms with Crippen LogP contribution < -0.4 is 20.9 Å². The molecule has 4 N–H and O–H groups in total. The summed E-state index contributed by atoms with van der Waals surface area (Å²) in [4.78, 5) is 24.9. The Morgan fingerprint density at radius 3 is 2.67 bits per heavy atom. The standard InChI is InChI=1S/C22H30N6O2/c1-12-19(26-22-24-10-9-18(25-22)27(3)4)16-11-15(21(23)30)7-8-17(16)28(13(2)29)20(12)14-5-6-14/h7-14,19-20,29H,5-6H2,1-4H3,(H2,23,30)(H,24,25,26)/t12-,13?,19-,20-/m1/s1. The van der Waals surface area contributed by atoms with Crippen LogP contribution >= 0.6 is 0 Å². The molecule has 1 aromatic heterocycles. The van der Waals surface area contributed by atoms with Crippen LogP contribution in [-0.4, -0.2) is 47.3 Å². The molecule has 160 valence electrons. The van der Waals surface area contributed by atoms with Gasteiger partial charge in [0.05, 0.1) is 6.04 Å². The number of primary amides is 1. The summed E-state index contributed by atoms with van der Waals surface area (Å²) in [5.41, 5.74) is 7.86. The Labute approximate surface area is 177 Å². The Balaban J connectivity index is 1.80. The first kappa shape index (κ1) is 20.4. The second kappa shape index (κ2) is 7.75. The number of carbonyl (C=O) groups is 1. The summed E-state index contributed by atoms with van der Waals surface area (Å²) in [6.45, 7) is 3.98. The van der Waals surface area contributed by atoms with Crippen molar-refractivity contribution >= 4 is 23.4 Å². The van der Waals surface area contributed by atoms with Gasteiger partial charge in [-0.2, -0.15) is 4.98 Å². The van der Waals surface area contributed by atoms with Crippen molar-refractivity contribution in [2.75, 3.05) is 29.2 Å². The molecule has 0 bridgehead atoms. The Bertz CT molecular complexity index is 943. The number of aromatic nitrogens is 2. The van der Waals surface area contributed by atoms with Crippen molar-refractivity contribution in [1.82, 2.24) is 9.97 Å². The summed E-state index contributed by atoms with van der Waals surface area (Å²) in [5.74, 6) is 1.58. The van der Waals surface area contributed by atoms with Crippen LogP contribution in [0.15, 0.2) is 30.5 Å². The fourth-order valence-corrected chi connectivity index (χ4v) is 4.65. The van der Waals surface area contributed by atoms with E-state index in [9.17, 15) is 9.90 Å². The van der Waals surface area contributed by atoms with Crippen molar-refractivity contribution in [3.8, 4) is 0 Å². The van der Waals surface area contributed by atoms with E-state index in [1.807, 2.05) is 37.2 Å². The molecule has 30 heavy (non-hydrogen) atoms. The Morgan fingerprint density at radius 2 is 2.07 bits per heavy atom. The summed E-state index contributed by atoms with van der Waals surface area (Å²) in [5, 5.41) is 14.1. The topological polar surface area (TPSA) is 108 Å². The number of hydrogen-bond donors (Lipinski definition) is 3. The molecule has 1 aliphatic heterocycles. The van der Waals surface area contributed by atoms with Crippen molar-refractivity contribution in [2.24, 2.45) is 17.6 Å². The molecule has 0 radical (unpaired) electrons. The minimum absolute atomic E-state index is 0.114. The molecule has 2 aromatic rings. The van der Waals surface area contributed by atoms with Gasteiger partial charge in [-0.3, -0.25) is 4.79 Å². The lowest BCUT2D eigenvalue weighted by Gasteiger charge is -2.48. The molecule has 2 heterocycles. The first-order valence-electron chi connectivity index (χ1n) is 10.4. The van der Waals surface area contributed by atoms with Crippen LogP contribution in [0.2, 0.25) is 0 Å². The molecule has 1 unspecified atom stereocenters. The van der Waals surface area contributed by atoms with Gasteiger partial charge in [-0.25, -0.2) is 4.98 Å². The predicted octanol–water partition coefficient (Wildman–Crippen LogP) is 2.37. The summed E-state index contributed by atoms with van der Waals surface area (Å²) in [7, 11) is 3.88. The lowest BCUT2D eigenvalue weighted by atomic mass is 9.79. The van der Waals surface area contributed by atoms with Crippen LogP contribution in [0.3, 0.4) is 0 Å². The van der Waals surface area contributed by atoms with E-state index in [0.29, 0.717) is 17.4 Å². The molecule has 1 amide bonds. The van der Waals surface area contributed by atoms with Crippen molar-refractivity contribution in [1.29, 1.82) is 0 Å². The van der Waals surface area contributed by atoms with Gasteiger partial charge in [0.2, 0.25) is 11.9 Å². The number of nitrogens with one attached hydrogen (secondary N) is 1. The number of anilines is 3. The van der Waals surface area contributed by atoms with Crippen molar-refractivity contribution in [3.63, 3.8) is 0 Å². The minimum atomic E-state index is -0.634. The highest BCUT2D eigenvalue weighted by atomic mass is 16.3. The summed E-state index contributed by atoms with van der Waals surface area (Å²) < 4.78 is 0. The molecule has 1 saturated carbocycles. The molecule has 4 rings (SSSR count). The van der Waals surface area contributed by atoms with Crippen LogP contribution in [0.5, 0.6) is 0 Å². The molecule has 8 nitrogen and oxygen atoms in total. The molecule has 1 aliphatic carbocycles. The lowest BCUT2D eigenvalue weighted by Crippen LogP contribution is -2.53. The van der Waals surface area contributed by atoms with E-state index in [0.717, 1.165) is 29.9 Å². The summed E-state index contributed by atoms with van der Waals surface area (Å²) in [6.07, 6.45) is 3.42. The zero-order chi connectivity index (χ0) is 21.6. The van der Waals surface area contributed by atoms with Gasteiger partial charge in [0.1, 0.15) is 12.0 Å². The molecule has 1 fully saturated rings. The third kappa shape index (κ3) is 3.67. The van der Waals surface area contributed by atoms with Crippen LogP contribution in [0, 0.1) is 11.8 Å². The van der Waals surface area contributed by atoms with E-state index in [2.05, 4.69) is 27.1 Å². The van der Waals surface area contributed by atoms with Gasteiger partial charge in [-0.15, -0.1) is 0 Å². The first-order valence-corrected chi connectivity index (χ1v) is 10.4. The zero-order valence-corrected chi connectivity index (χ0v) is 17.9. The Hall–Kier alpha value is -2.87. The van der Waals surface area contributed by atoms with Gasteiger partial charge < -0.3 is 26.0 Å². The van der Waals surface area contributed by atoms with E-state index in [-0.39, 0.29) is 18.0 Å². The number of benzene rings is 1. The zero-order valence-electron chi connectivity index (χ0n) is 17.9. The quantitative estimate of drug-likeness (QED) is 0.671. The fourth-order valence-electron chi connectivity index (χ4n) is 4.65. The minimum Gasteiger partial charge on any atom is -0.374 e. The second-order valence-electron chi connectivity index (χ2n) is 8.62. The van der Waals surface area contributed by atoms with Crippen LogP contribution in [0.25, 0.3) is 0 Å². The normalized spacial score (nSPS) is 24.2. The average Bonchev–Trinajstić information content (AvgIpc) is 3.54. The monoisotopic (exact) mass is 410 g/mol. The Morgan fingerprint density at radius 1 is 1.33 bits per heavy atom. The number of aliphatic hydroxyl groups is 1. The van der Waals surface area contributed by atoms with Gasteiger partial charge in [0, 0.05) is 43.5 Å².